The monoisotopic (exact) mass is 300 g/mol. The summed E-state index contributed by atoms with van der Waals surface area (Å²) in [5.74, 6) is 1.65. The van der Waals surface area contributed by atoms with E-state index in [0.717, 1.165) is 24.0 Å². The molecule has 0 bridgehead atoms. The fourth-order valence-corrected chi connectivity index (χ4v) is 2.66. The average molecular weight is 300 g/mol. The van der Waals surface area contributed by atoms with E-state index < -0.39 is 0 Å². The minimum Gasteiger partial charge on any atom is -0.335 e. The SMILES string of the molecule is Cc1ccccc1-c1nc(CNC(=O)NC2CC(C)C2)no1. The maximum atomic E-state index is 11.7. The lowest BCUT2D eigenvalue weighted by Gasteiger charge is -2.33. The lowest BCUT2D eigenvalue weighted by Crippen LogP contribution is -2.47. The van der Waals surface area contributed by atoms with Gasteiger partial charge in [-0.1, -0.05) is 30.3 Å². The van der Waals surface area contributed by atoms with E-state index in [9.17, 15) is 4.79 Å². The van der Waals surface area contributed by atoms with Gasteiger partial charge in [0.1, 0.15) is 0 Å². The van der Waals surface area contributed by atoms with Crippen molar-refractivity contribution < 1.29 is 9.32 Å². The Morgan fingerprint density at radius 2 is 2.14 bits per heavy atom. The first-order valence-electron chi connectivity index (χ1n) is 7.55. The molecule has 2 amide bonds. The number of carbonyl (C=O) groups excluding carboxylic acids is 1. The van der Waals surface area contributed by atoms with Crippen LogP contribution in [-0.2, 0) is 6.54 Å². The summed E-state index contributed by atoms with van der Waals surface area (Å²) in [6.07, 6.45) is 2.10. The molecule has 2 N–H and O–H groups in total. The second-order valence-corrected chi connectivity index (χ2v) is 5.93. The lowest BCUT2D eigenvalue weighted by molar-refractivity contribution is 0.209. The summed E-state index contributed by atoms with van der Waals surface area (Å²) in [5, 5.41) is 9.59. The summed E-state index contributed by atoms with van der Waals surface area (Å²) in [4.78, 5) is 16.1. The van der Waals surface area contributed by atoms with Crippen molar-refractivity contribution in [3.63, 3.8) is 0 Å². The molecular weight excluding hydrogens is 280 g/mol. The minimum absolute atomic E-state index is 0.181. The van der Waals surface area contributed by atoms with Crippen LogP contribution >= 0.6 is 0 Å². The van der Waals surface area contributed by atoms with Crippen LogP contribution < -0.4 is 10.6 Å². The van der Waals surface area contributed by atoms with E-state index in [1.54, 1.807) is 0 Å². The molecule has 1 aromatic heterocycles. The van der Waals surface area contributed by atoms with E-state index in [1.807, 2.05) is 31.2 Å². The Bertz CT molecular complexity index is 662. The first-order chi connectivity index (χ1) is 10.6. The average Bonchev–Trinajstić information content (AvgIpc) is 2.93. The highest BCUT2D eigenvalue weighted by molar-refractivity contribution is 5.74. The molecule has 0 spiro atoms. The van der Waals surface area contributed by atoms with Gasteiger partial charge < -0.3 is 15.2 Å². The largest absolute Gasteiger partial charge is 0.335 e. The zero-order valence-electron chi connectivity index (χ0n) is 12.8. The van der Waals surface area contributed by atoms with Crippen LogP contribution in [0.4, 0.5) is 4.79 Å². The molecule has 116 valence electrons. The van der Waals surface area contributed by atoms with Crippen LogP contribution in [0.3, 0.4) is 0 Å². The third kappa shape index (κ3) is 3.27. The van der Waals surface area contributed by atoms with Crippen molar-refractivity contribution in [1.82, 2.24) is 20.8 Å². The molecule has 0 atom stereocenters. The molecule has 6 nitrogen and oxygen atoms in total. The topological polar surface area (TPSA) is 80.0 Å². The van der Waals surface area contributed by atoms with Crippen LogP contribution in [0.1, 0.15) is 31.2 Å². The van der Waals surface area contributed by atoms with Gasteiger partial charge >= 0.3 is 6.03 Å². The predicted octanol–water partition coefficient (Wildman–Crippen LogP) is 2.64. The number of hydrogen-bond acceptors (Lipinski definition) is 4. The van der Waals surface area contributed by atoms with Gasteiger partial charge in [0, 0.05) is 11.6 Å². The van der Waals surface area contributed by atoms with E-state index in [2.05, 4.69) is 27.7 Å². The third-order valence-electron chi connectivity index (χ3n) is 3.96. The molecule has 0 unspecified atom stereocenters. The Morgan fingerprint density at radius 1 is 1.36 bits per heavy atom. The normalized spacial score (nSPS) is 20.3. The molecule has 22 heavy (non-hydrogen) atoms. The second kappa shape index (κ2) is 6.17. The van der Waals surface area contributed by atoms with E-state index in [-0.39, 0.29) is 12.6 Å². The fraction of sp³-hybridized carbons (Fsp3) is 0.438. The summed E-state index contributed by atoms with van der Waals surface area (Å²) in [6.45, 7) is 4.43. The summed E-state index contributed by atoms with van der Waals surface area (Å²) in [5.41, 5.74) is 1.98. The molecule has 1 fully saturated rings. The Labute approximate surface area is 129 Å². The molecule has 3 rings (SSSR count). The van der Waals surface area contributed by atoms with Gasteiger partial charge in [-0.15, -0.1) is 0 Å². The molecule has 1 aromatic carbocycles. The van der Waals surface area contributed by atoms with Crippen LogP contribution in [0, 0.1) is 12.8 Å². The quantitative estimate of drug-likeness (QED) is 0.909. The van der Waals surface area contributed by atoms with Gasteiger partial charge in [-0.25, -0.2) is 4.79 Å². The van der Waals surface area contributed by atoms with Crippen LogP contribution in [0.15, 0.2) is 28.8 Å². The van der Waals surface area contributed by atoms with Gasteiger partial charge in [0.2, 0.25) is 0 Å². The standard InChI is InChI=1S/C16H20N4O2/c1-10-7-12(8-10)18-16(21)17-9-14-19-15(22-20-14)13-6-4-3-5-11(13)2/h3-6,10,12H,7-9H2,1-2H3,(H2,17,18,21). The zero-order chi connectivity index (χ0) is 15.5. The molecule has 1 aliphatic rings. The van der Waals surface area contributed by atoms with Gasteiger partial charge in [-0.3, -0.25) is 0 Å². The highest BCUT2D eigenvalue weighted by atomic mass is 16.5. The van der Waals surface area contributed by atoms with Gasteiger partial charge in [0.05, 0.1) is 6.54 Å². The number of amides is 2. The first-order valence-corrected chi connectivity index (χ1v) is 7.55. The van der Waals surface area contributed by atoms with E-state index in [0.29, 0.717) is 23.7 Å². The van der Waals surface area contributed by atoms with Crippen LogP contribution in [0.2, 0.25) is 0 Å². The highest BCUT2D eigenvalue weighted by Crippen LogP contribution is 2.26. The summed E-state index contributed by atoms with van der Waals surface area (Å²) < 4.78 is 5.26. The van der Waals surface area contributed by atoms with Gasteiger partial charge in [0.25, 0.3) is 5.89 Å². The number of aromatic nitrogens is 2. The first kappa shape index (κ1) is 14.6. The van der Waals surface area contributed by atoms with E-state index >= 15 is 0 Å². The number of rotatable bonds is 4. The Morgan fingerprint density at radius 3 is 2.86 bits per heavy atom. The zero-order valence-corrected chi connectivity index (χ0v) is 12.8. The van der Waals surface area contributed by atoms with E-state index in [1.165, 1.54) is 0 Å². The summed E-state index contributed by atoms with van der Waals surface area (Å²) in [7, 11) is 0. The number of hydrogen-bond donors (Lipinski definition) is 2. The van der Waals surface area contributed by atoms with Crippen molar-refractivity contribution in [1.29, 1.82) is 0 Å². The molecule has 1 aliphatic carbocycles. The maximum Gasteiger partial charge on any atom is 0.315 e. The highest BCUT2D eigenvalue weighted by Gasteiger charge is 2.26. The molecule has 1 heterocycles. The second-order valence-electron chi connectivity index (χ2n) is 5.93. The number of nitrogens with zero attached hydrogens (tertiary/aromatic N) is 2. The third-order valence-corrected chi connectivity index (χ3v) is 3.96. The summed E-state index contributed by atoms with van der Waals surface area (Å²) >= 11 is 0. The van der Waals surface area contributed by atoms with Crippen molar-refractivity contribution in [3.05, 3.63) is 35.7 Å². The van der Waals surface area contributed by atoms with Crippen LogP contribution in [0.5, 0.6) is 0 Å². The van der Waals surface area contributed by atoms with E-state index in [4.69, 9.17) is 4.52 Å². The molecular formula is C16H20N4O2. The van der Waals surface area contributed by atoms with Crippen LogP contribution in [-0.4, -0.2) is 22.2 Å². The summed E-state index contributed by atoms with van der Waals surface area (Å²) in [6, 6.07) is 7.93. The van der Waals surface area contributed by atoms with Gasteiger partial charge in [0.15, 0.2) is 5.82 Å². The van der Waals surface area contributed by atoms with Crippen molar-refractivity contribution >= 4 is 6.03 Å². The molecule has 6 heteroatoms. The number of aryl methyl sites for hydroxylation is 1. The number of urea groups is 1. The Kier molecular flexibility index (Phi) is 4.09. The molecule has 1 saturated carbocycles. The molecule has 0 radical (unpaired) electrons. The Balaban J connectivity index is 1.54. The molecule has 0 aliphatic heterocycles. The smallest absolute Gasteiger partial charge is 0.315 e. The van der Waals surface area contributed by atoms with Gasteiger partial charge in [-0.2, -0.15) is 4.98 Å². The Hall–Kier alpha value is -2.37. The molecule has 2 aromatic rings. The van der Waals surface area contributed by atoms with Gasteiger partial charge in [-0.05, 0) is 37.3 Å². The molecule has 0 saturated heterocycles. The lowest BCUT2D eigenvalue weighted by atomic mass is 9.82. The number of benzene rings is 1. The predicted molar refractivity (Wildman–Crippen MR) is 82.0 cm³/mol. The van der Waals surface area contributed by atoms with Crippen molar-refractivity contribution in [2.75, 3.05) is 0 Å². The number of carbonyl (C=O) groups is 1. The minimum atomic E-state index is -0.181. The van der Waals surface area contributed by atoms with Crippen molar-refractivity contribution in [3.8, 4) is 11.5 Å². The fourth-order valence-electron chi connectivity index (χ4n) is 2.66. The number of nitrogens with one attached hydrogen (secondary N) is 2. The van der Waals surface area contributed by atoms with Crippen molar-refractivity contribution in [2.45, 2.75) is 39.3 Å². The van der Waals surface area contributed by atoms with Crippen molar-refractivity contribution in [2.24, 2.45) is 5.92 Å². The maximum absolute atomic E-state index is 11.7. The van der Waals surface area contributed by atoms with Crippen LogP contribution in [0.25, 0.3) is 11.5 Å².